The van der Waals surface area contributed by atoms with Gasteiger partial charge in [0.15, 0.2) is 0 Å². The van der Waals surface area contributed by atoms with E-state index in [0.717, 1.165) is 0 Å². The van der Waals surface area contributed by atoms with Gasteiger partial charge in [0.2, 0.25) is 0 Å². The van der Waals surface area contributed by atoms with E-state index in [-0.39, 0.29) is 75.5 Å². The van der Waals surface area contributed by atoms with Crippen molar-refractivity contribution in [2.24, 2.45) is 0 Å². The van der Waals surface area contributed by atoms with Gasteiger partial charge in [-0.05, 0) is 6.16 Å². The van der Waals surface area contributed by atoms with Gasteiger partial charge in [0, 0.05) is 0 Å². The summed E-state index contributed by atoms with van der Waals surface area (Å²) in [5, 5.41) is 16.7. The average Bonchev–Trinajstić information content (AvgIpc) is 1.19. The normalized spacial score (nSPS) is 7.55. The summed E-state index contributed by atoms with van der Waals surface area (Å²) < 4.78 is 8.66. The molecule has 0 atom stereocenters. The molecule has 11 heavy (non-hydrogen) atoms. The Balaban J connectivity index is -0.0000000383. The van der Waals surface area contributed by atoms with Crippen molar-refractivity contribution < 1.29 is 34.3 Å². The zero-order chi connectivity index (χ0) is 8.08. The predicted octanol–water partition coefficient (Wildman–Crippen LogP) is -5.40. The van der Waals surface area contributed by atoms with Crippen LogP contribution >= 0.6 is 7.82 Å². The summed E-state index contributed by atoms with van der Waals surface area (Å²) in [4.78, 5) is 32.6. The van der Waals surface area contributed by atoms with Crippen LogP contribution in [0.2, 0.25) is 0 Å². The van der Waals surface area contributed by atoms with E-state index in [4.69, 9.17) is 34.3 Å². The number of rotatable bonds is 0. The maximum Gasteiger partial charge on any atom is 2.00 e. The van der Waals surface area contributed by atoms with Gasteiger partial charge in [0.1, 0.15) is 0 Å². The first-order valence-corrected chi connectivity index (χ1v) is 2.86. The molecule has 0 amide bonds. The number of carbonyl (C=O) groups excluding carboxylic acids is 1. The molecule has 0 aliphatic carbocycles. The van der Waals surface area contributed by atoms with E-state index in [2.05, 4.69) is 0 Å². The molecule has 0 rings (SSSR count). The van der Waals surface area contributed by atoms with E-state index in [1.165, 1.54) is 0 Å². The van der Waals surface area contributed by atoms with Crippen molar-refractivity contribution >= 4 is 89.5 Å². The number of phosphoric acid groups is 1. The topological polar surface area (TPSA) is 147 Å². The molecule has 0 heterocycles. The Morgan fingerprint density at radius 3 is 1.18 bits per heavy atom. The Bertz CT molecular complexity index is 116. The van der Waals surface area contributed by atoms with Crippen LogP contribution in [0.1, 0.15) is 0 Å². The third-order valence-electron chi connectivity index (χ3n) is 0. The van der Waals surface area contributed by atoms with Gasteiger partial charge in [-0.25, -0.2) is 0 Å². The zero-order valence-electron chi connectivity index (χ0n) is 5.26. The summed E-state index contributed by atoms with van der Waals surface area (Å²) in [6, 6.07) is 0. The average molecular weight is 236 g/mol. The van der Waals surface area contributed by atoms with Crippen LogP contribution in [-0.4, -0.2) is 86.5 Å². The van der Waals surface area contributed by atoms with Gasteiger partial charge in [0.25, 0.3) is 0 Å². The maximum atomic E-state index is 8.66. The van der Waals surface area contributed by atoms with E-state index >= 15 is 0 Å². The molecule has 0 aromatic carbocycles. The molecule has 0 radical (unpaired) electrons. The summed E-state index contributed by atoms with van der Waals surface area (Å²) in [6.07, 6.45) is -2.33. The summed E-state index contributed by atoms with van der Waals surface area (Å²) in [6.45, 7) is 0. The van der Waals surface area contributed by atoms with Crippen LogP contribution in [0.5, 0.6) is 0 Å². The largest absolute Gasteiger partial charge is 2.00 e. The molecule has 7 nitrogen and oxygen atoms in total. The number of hydrogen-bond acceptors (Lipinski definition) is 6. The van der Waals surface area contributed by atoms with Crippen LogP contribution in [0.15, 0.2) is 0 Å². The molecule has 0 spiro atoms. The van der Waals surface area contributed by atoms with Crippen LogP contribution in [0, 0.1) is 0 Å². The number of hydrogen-bond donors (Lipinski definition) is 1. The third kappa shape index (κ3) is 323. The molecule has 0 aliphatic rings. The second-order valence-corrected chi connectivity index (χ2v) is 1.66. The molecule has 0 saturated carbocycles. The minimum atomic E-state index is -5.14. The fraction of sp³-hybridized carbons (Fsp3) is 0. The van der Waals surface area contributed by atoms with E-state index in [9.17, 15) is 0 Å². The first kappa shape index (κ1) is 23.1. The van der Waals surface area contributed by atoms with Gasteiger partial charge in [-0.15, -0.1) is 0 Å². The summed E-state index contributed by atoms with van der Waals surface area (Å²) in [7, 11) is -5.14. The molecule has 1 N–H and O–H groups in total. The molecule has 0 saturated heterocycles. The van der Waals surface area contributed by atoms with E-state index in [1.54, 1.807) is 0 Å². The van der Waals surface area contributed by atoms with E-state index < -0.39 is 14.0 Å². The van der Waals surface area contributed by atoms with Crippen molar-refractivity contribution in [2.45, 2.75) is 0 Å². The smallest absolute Gasteiger partial charge is 0.790 e. The van der Waals surface area contributed by atoms with Gasteiger partial charge >= 0.3 is 75.5 Å². The second kappa shape index (κ2) is 11.9. The van der Waals surface area contributed by atoms with Crippen molar-refractivity contribution in [1.82, 2.24) is 0 Å². The van der Waals surface area contributed by atoms with Crippen LogP contribution in [0.4, 0.5) is 4.79 Å². The number of carboxylic acid groups (broad SMARTS) is 2. The predicted molar refractivity (Wildman–Crippen MR) is 26.7 cm³/mol. The van der Waals surface area contributed by atoms with Crippen LogP contribution < -0.4 is 20.0 Å². The maximum absolute atomic E-state index is 8.66. The zero-order valence-corrected chi connectivity index (χ0v) is 10.6. The molecule has 10 heteroatoms. The van der Waals surface area contributed by atoms with Crippen molar-refractivity contribution in [1.29, 1.82) is 0 Å². The quantitative estimate of drug-likeness (QED) is 0.326. The first-order chi connectivity index (χ1) is 3.73. The monoisotopic (exact) mass is 236 g/mol. The van der Waals surface area contributed by atoms with E-state index in [0.29, 0.717) is 0 Å². The molecule has 0 unspecified atom stereocenters. The molecule has 56 valence electrons. The summed E-state index contributed by atoms with van der Waals surface area (Å²) in [5.74, 6) is 0. The van der Waals surface area contributed by atoms with Crippen molar-refractivity contribution in [3.63, 3.8) is 0 Å². The summed E-state index contributed by atoms with van der Waals surface area (Å²) >= 11 is 0. The molecule has 0 aromatic rings. The fourth-order valence-electron chi connectivity index (χ4n) is 0. The SMILES string of the molecule is O=C([O-])[O-].O=P([O-])([O-])O.[Ca+2].[Ca+2]. The standard InChI is InChI=1S/CH2O3.2Ca.H3O4P/c2-1(3)4;;;1-5(2,3)4/h(H2,2,3,4);;;(H3,1,2,3,4)/q;2*+2;/p-4. The molecule has 0 aromatic heterocycles. The Morgan fingerprint density at radius 2 is 1.18 bits per heavy atom. The van der Waals surface area contributed by atoms with Gasteiger partial charge in [-0.2, -0.15) is 0 Å². The Labute approximate surface area is 122 Å². The van der Waals surface area contributed by atoms with Gasteiger partial charge in [-0.1, -0.05) is 0 Å². The molecular weight excluding hydrogens is 235 g/mol. The third-order valence-corrected chi connectivity index (χ3v) is 0. The Hall–Kier alpha value is 1.90. The van der Waals surface area contributed by atoms with Crippen LogP contribution in [0.25, 0.3) is 0 Å². The molecule has 0 aliphatic heterocycles. The second-order valence-electron chi connectivity index (χ2n) is 0.719. The van der Waals surface area contributed by atoms with Crippen molar-refractivity contribution in [3.05, 3.63) is 0 Å². The Morgan fingerprint density at radius 1 is 1.18 bits per heavy atom. The van der Waals surface area contributed by atoms with Crippen LogP contribution in [0.3, 0.4) is 0 Å². The van der Waals surface area contributed by atoms with Gasteiger partial charge in [-0.3, -0.25) is 0 Å². The van der Waals surface area contributed by atoms with Crippen molar-refractivity contribution in [2.75, 3.05) is 0 Å². The number of carbonyl (C=O) groups is 1. The van der Waals surface area contributed by atoms with Gasteiger partial charge < -0.3 is 34.3 Å². The van der Waals surface area contributed by atoms with Crippen LogP contribution in [-0.2, 0) is 4.57 Å². The van der Waals surface area contributed by atoms with E-state index in [1.807, 2.05) is 0 Å². The van der Waals surface area contributed by atoms with Gasteiger partial charge in [0.05, 0.1) is 7.82 Å². The molecular formula is CHCa2O7P. The fourth-order valence-corrected chi connectivity index (χ4v) is 0. The molecule has 0 fully saturated rings. The minimum absolute atomic E-state index is 0. The first-order valence-electron chi connectivity index (χ1n) is 1.36. The molecule has 0 bridgehead atoms. The van der Waals surface area contributed by atoms with Crippen molar-refractivity contribution in [3.8, 4) is 0 Å². The summed E-state index contributed by atoms with van der Waals surface area (Å²) in [5.41, 5.74) is 0. The Kier molecular flexibility index (Phi) is 24.9. The minimum Gasteiger partial charge on any atom is -0.790 e.